The topological polar surface area (TPSA) is 122 Å². The van der Waals surface area contributed by atoms with Crippen LogP contribution >= 0.6 is 11.8 Å². The molecule has 0 radical (unpaired) electrons. The zero-order chi connectivity index (χ0) is 19.3. The third-order valence-electron chi connectivity index (χ3n) is 5.08. The number of thioether (sulfide) groups is 1. The van der Waals surface area contributed by atoms with Crippen molar-refractivity contribution >= 4 is 35.4 Å². The van der Waals surface area contributed by atoms with Gasteiger partial charge in [0.25, 0.3) is 0 Å². The first kappa shape index (κ1) is 20.5. The molecule has 146 valence electrons. The van der Waals surface area contributed by atoms with E-state index in [-0.39, 0.29) is 23.6 Å². The second-order valence-electron chi connectivity index (χ2n) is 7.00. The van der Waals surface area contributed by atoms with E-state index in [1.165, 1.54) is 4.90 Å². The quantitative estimate of drug-likeness (QED) is 0.552. The lowest BCUT2D eigenvalue weighted by Gasteiger charge is -2.32. The highest BCUT2D eigenvalue weighted by Gasteiger charge is 2.38. The number of amides is 4. The van der Waals surface area contributed by atoms with Crippen LogP contribution in [0.25, 0.3) is 0 Å². The van der Waals surface area contributed by atoms with Crippen LogP contribution in [-0.4, -0.2) is 65.2 Å². The first-order valence-corrected chi connectivity index (χ1v) is 10.4. The molecule has 2 unspecified atom stereocenters. The maximum Gasteiger partial charge on any atom is 0.245 e. The molecule has 9 heteroatoms. The highest BCUT2D eigenvalue weighted by molar-refractivity contribution is 7.98. The molecule has 4 amide bonds. The Morgan fingerprint density at radius 2 is 2.12 bits per heavy atom. The van der Waals surface area contributed by atoms with E-state index >= 15 is 0 Å². The lowest BCUT2D eigenvalue weighted by molar-refractivity contribution is -0.141. The van der Waals surface area contributed by atoms with Gasteiger partial charge in [-0.3, -0.25) is 19.2 Å². The minimum atomic E-state index is -0.721. The monoisotopic (exact) mass is 384 g/mol. The van der Waals surface area contributed by atoms with Gasteiger partial charge in [-0.25, -0.2) is 0 Å². The minimum Gasteiger partial charge on any atom is -0.368 e. The fourth-order valence-electron chi connectivity index (χ4n) is 3.52. The summed E-state index contributed by atoms with van der Waals surface area (Å²) in [5.41, 5.74) is 5.41. The van der Waals surface area contributed by atoms with Crippen LogP contribution < -0.4 is 16.4 Å². The van der Waals surface area contributed by atoms with Crippen LogP contribution in [0.3, 0.4) is 0 Å². The van der Waals surface area contributed by atoms with Gasteiger partial charge in [0.2, 0.25) is 23.6 Å². The number of carbonyl (C=O) groups is 4. The van der Waals surface area contributed by atoms with Crippen LogP contribution in [0.2, 0.25) is 0 Å². The molecule has 4 atom stereocenters. The van der Waals surface area contributed by atoms with Crippen molar-refractivity contribution in [2.24, 2.45) is 11.7 Å². The van der Waals surface area contributed by atoms with Gasteiger partial charge in [-0.1, -0.05) is 6.92 Å². The van der Waals surface area contributed by atoms with E-state index in [9.17, 15) is 19.2 Å². The van der Waals surface area contributed by atoms with Crippen LogP contribution in [0.4, 0.5) is 0 Å². The van der Waals surface area contributed by atoms with Crippen molar-refractivity contribution in [2.45, 2.75) is 57.2 Å². The largest absolute Gasteiger partial charge is 0.368 e. The Kier molecular flexibility index (Phi) is 7.31. The lowest BCUT2D eigenvalue weighted by atomic mass is 9.91. The molecule has 2 heterocycles. The summed E-state index contributed by atoms with van der Waals surface area (Å²) in [4.78, 5) is 50.3. The van der Waals surface area contributed by atoms with Crippen LogP contribution in [0, 0.1) is 5.92 Å². The zero-order valence-electron chi connectivity index (χ0n) is 15.3. The number of likely N-dealkylation sites (tertiary alicyclic amines) is 1. The predicted molar refractivity (Wildman–Crippen MR) is 99.2 cm³/mol. The molecule has 26 heavy (non-hydrogen) atoms. The fraction of sp³-hybridized carbons (Fsp3) is 0.765. The lowest BCUT2D eigenvalue weighted by Crippen LogP contribution is -2.58. The summed E-state index contributed by atoms with van der Waals surface area (Å²) in [7, 11) is 0. The smallest absolute Gasteiger partial charge is 0.245 e. The Bertz CT molecular complexity index is 571. The highest BCUT2D eigenvalue weighted by atomic mass is 32.2. The van der Waals surface area contributed by atoms with Gasteiger partial charge in [0.1, 0.15) is 18.1 Å². The molecule has 4 N–H and O–H groups in total. The molecule has 0 aliphatic carbocycles. The number of hydrogen-bond acceptors (Lipinski definition) is 5. The molecule has 0 aromatic carbocycles. The first-order chi connectivity index (χ1) is 12.3. The van der Waals surface area contributed by atoms with E-state index in [0.29, 0.717) is 38.0 Å². The first-order valence-electron chi connectivity index (χ1n) is 9.03. The Morgan fingerprint density at radius 3 is 2.77 bits per heavy atom. The molecule has 2 saturated heterocycles. The highest BCUT2D eigenvalue weighted by Crippen LogP contribution is 2.20. The molecule has 0 aromatic heterocycles. The van der Waals surface area contributed by atoms with Gasteiger partial charge < -0.3 is 21.3 Å². The Morgan fingerprint density at radius 1 is 1.38 bits per heavy atom. The maximum atomic E-state index is 12.9. The van der Waals surface area contributed by atoms with E-state index < -0.39 is 24.0 Å². The third kappa shape index (κ3) is 4.90. The molecule has 0 bridgehead atoms. The molecule has 0 saturated carbocycles. The summed E-state index contributed by atoms with van der Waals surface area (Å²) >= 11 is 1.58. The van der Waals surface area contributed by atoms with Gasteiger partial charge >= 0.3 is 0 Å². The molecule has 2 rings (SSSR count). The second kappa shape index (κ2) is 9.25. The molecule has 8 nitrogen and oxygen atoms in total. The maximum absolute atomic E-state index is 12.9. The number of primary amides is 1. The van der Waals surface area contributed by atoms with Gasteiger partial charge in [-0.15, -0.1) is 0 Å². The van der Waals surface area contributed by atoms with Crippen molar-refractivity contribution in [3.05, 3.63) is 0 Å². The third-order valence-corrected chi connectivity index (χ3v) is 5.73. The molecule has 2 aliphatic rings. The van der Waals surface area contributed by atoms with E-state index in [4.69, 9.17) is 5.73 Å². The predicted octanol–water partition coefficient (Wildman–Crippen LogP) is -0.385. The fourth-order valence-corrected chi connectivity index (χ4v) is 3.99. The van der Waals surface area contributed by atoms with Crippen LogP contribution in [0.15, 0.2) is 0 Å². The number of nitrogens with zero attached hydrogens (tertiary/aromatic N) is 1. The van der Waals surface area contributed by atoms with Crippen molar-refractivity contribution in [3.63, 3.8) is 0 Å². The summed E-state index contributed by atoms with van der Waals surface area (Å²) < 4.78 is 0. The second-order valence-corrected chi connectivity index (χ2v) is 7.98. The summed E-state index contributed by atoms with van der Waals surface area (Å²) in [6, 6.07) is -1.96. The average molecular weight is 385 g/mol. The number of rotatable bonds is 7. The van der Waals surface area contributed by atoms with E-state index in [1.807, 2.05) is 13.2 Å². The van der Waals surface area contributed by atoms with Crippen molar-refractivity contribution in [3.8, 4) is 0 Å². The van der Waals surface area contributed by atoms with Crippen LogP contribution in [0.5, 0.6) is 0 Å². The van der Waals surface area contributed by atoms with Crippen LogP contribution in [-0.2, 0) is 19.2 Å². The van der Waals surface area contributed by atoms with Gasteiger partial charge in [0, 0.05) is 13.0 Å². The number of nitrogens with two attached hydrogens (primary N) is 1. The number of hydrogen-bond donors (Lipinski definition) is 3. The van der Waals surface area contributed by atoms with Crippen molar-refractivity contribution in [1.29, 1.82) is 0 Å². The Labute approximate surface area is 158 Å². The molecular formula is C17H28N4O4S. The van der Waals surface area contributed by atoms with E-state index in [0.717, 1.165) is 6.42 Å². The summed E-state index contributed by atoms with van der Waals surface area (Å²) in [5, 5.41) is 5.51. The summed E-state index contributed by atoms with van der Waals surface area (Å²) in [5.74, 6) is -0.585. The molecular weight excluding hydrogens is 356 g/mol. The molecule has 2 aliphatic heterocycles. The molecule has 2 fully saturated rings. The Hall–Kier alpha value is -1.77. The normalized spacial score (nSPS) is 26.9. The summed E-state index contributed by atoms with van der Waals surface area (Å²) in [6.07, 6.45) is 4.72. The number of piperidine rings is 1. The number of nitrogens with one attached hydrogen (secondary N) is 2. The van der Waals surface area contributed by atoms with Crippen molar-refractivity contribution in [1.82, 2.24) is 15.5 Å². The van der Waals surface area contributed by atoms with Crippen molar-refractivity contribution < 1.29 is 19.2 Å². The SMILES string of the molecule is CSCC[C@H](NC(=O)C1NC(=O)CCC1C)C(=O)N1CCC[C@H]1C(N)=O. The number of carbonyl (C=O) groups excluding carboxylic acids is 4. The standard InChI is InChI=1S/C17H28N4O4S/c1-10-5-6-13(22)20-14(10)16(24)19-11(7-9-26-2)17(25)21-8-3-4-12(21)15(18)23/h10-12,14H,3-9H2,1-2H3,(H2,18,23)(H,19,24)(H,20,22)/t10?,11-,12-,14?/m0/s1. The summed E-state index contributed by atoms with van der Waals surface area (Å²) in [6.45, 7) is 2.38. The van der Waals surface area contributed by atoms with Crippen molar-refractivity contribution in [2.75, 3.05) is 18.6 Å². The van der Waals surface area contributed by atoms with Gasteiger partial charge in [-0.05, 0) is 43.6 Å². The van der Waals surface area contributed by atoms with E-state index in [2.05, 4.69) is 10.6 Å². The Balaban J connectivity index is 2.08. The average Bonchev–Trinajstić information content (AvgIpc) is 3.09. The van der Waals surface area contributed by atoms with Gasteiger partial charge in [0.15, 0.2) is 0 Å². The molecule has 0 aromatic rings. The molecule has 0 spiro atoms. The van der Waals surface area contributed by atoms with E-state index in [1.54, 1.807) is 11.8 Å². The zero-order valence-corrected chi connectivity index (χ0v) is 16.1. The minimum absolute atomic E-state index is 0.00848. The van der Waals surface area contributed by atoms with Gasteiger partial charge in [-0.2, -0.15) is 11.8 Å². The van der Waals surface area contributed by atoms with Crippen LogP contribution in [0.1, 0.15) is 39.0 Å². The van der Waals surface area contributed by atoms with Gasteiger partial charge in [0.05, 0.1) is 0 Å².